The summed E-state index contributed by atoms with van der Waals surface area (Å²) in [5, 5.41) is 0. The number of aryl methyl sites for hydroxylation is 1. The summed E-state index contributed by atoms with van der Waals surface area (Å²) in [5.74, 6) is 0.772. The summed E-state index contributed by atoms with van der Waals surface area (Å²) >= 11 is 0. The maximum atomic E-state index is 5.93. The van der Waals surface area contributed by atoms with Gasteiger partial charge in [-0.3, -0.25) is 0 Å². The van der Waals surface area contributed by atoms with Gasteiger partial charge >= 0.3 is 0 Å². The fourth-order valence-electron chi connectivity index (χ4n) is 2.92. The Hall–Kier alpha value is -1.22. The van der Waals surface area contributed by atoms with E-state index in [1.54, 1.807) is 7.11 Å². The number of rotatable bonds is 5. The lowest BCUT2D eigenvalue weighted by Gasteiger charge is -2.33. The number of hydrogen-bond donors (Lipinski definition) is 1. The molecule has 1 unspecified atom stereocenters. The van der Waals surface area contributed by atoms with E-state index in [0.29, 0.717) is 0 Å². The smallest absolute Gasteiger partial charge is 0.141 e. The molecule has 1 aliphatic rings. The van der Waals surface area contributed by atoms with E-state index in [9.17, 15) is 0 Å². The highest BCUT2D eigenvalue weighted by molar-refractivity contribution is 5.54. The molecule has 1 fully saturated rings. The molecule has 1 heterocycles. The number of anilines is 1. The SMILES string of the molecule is COc1ccc(CCCN2CCCCC2C)cc1N. The van der Waals surface area contributed by atoms with Crippen LogP contribution in [0.3, 0.4) is 0 Å². The first-order valence-electron chi connectivity index (χ1n) is 7.37. The predicted molar refractivity (Wildman–Crippen MR) is 80.6 cm³/mol. The summed E-state index contributed by atoms with van der Waals surface area (Å²) < 4.78 is 5.18. The molecule has 1 atom stereocenters. The summed E-state index contributed by atoms with van der Waals surface area (Å²) in [5.41, 5.74) is 7.98. The molecule has 0 bridgehead atoms. The number of piperidine rings is 1. The molecule has 0 aromatic heterocycles. The van der Waals surface area contributed by atoms with Crippen LogP contribution in [0, 0.1) is 0 Å². The molecule has 3 heteroatoms. The van der Waals surface area contributed by atoms with Gasteiger partial charge < -0.3 is 15.4 Å². The van der Waals surface area contributed by atoms with Crippen molar-refractivity contribution >= 4 is 5.69 Å². The zero-order chi connectivity index (χ0) is 13.7. The standard InChI is InChI=1S/C16H26N2O/c1-13-6-3-4-10-18(13)11-5-7-14-8-9-16(19-2)15(17)12-14/h8-9,12-13H,3-7,10-11,17H2,1-2H3. The maximum Gasteiger partial charge on any atom is 0.141 e. The van der Waals surface area contributed by atoms with Crippen LogP contribution in [-0.4, -0.2) is 31.1 Å². The first-order chi connectivity index (χ1) is 9.20. The zero-order valence-corrected chi connectivity index (χ0v) is 12.2. The lowest BCUT2D eigenvalue weighted by atomic mass is 10.0. The normalized spacial score (nSPS) is 20.4. The molecule has 1 aromatic rings. The van der Waals surface area contributed by atoms with Gasteiger partial charge in [0, 0.05) is 6.04 Å². The summed E-state index contributed by atoms with van der Waals surface area (Å²) in [6, 6.07) is 6.89. The third-order valence-corrected chi connectivity index (χ3v) is 4.15. The maximum absolute atomic E-state index is 5.93. The first-order valence-corrected chi connectivity index (χ1v) is 7.37. The van der Waals surface area contributed by atoms with E-state index in [1.165, 1.54) is 44.3 Å². The minimum Gasteiger partial charge on any atom is -0.495 e. The fraction of sp³-hybridized carbons (Fsp3) is 0.625. The van der Waals surface area contributed by atoms with Crippen molar-refractivity contribution in [1.82, 2.24) is 4.90 Å². The van der Waals surface area contributed by atoms with E-state index in [2.05, 4.69) is 17.9 Å². The number of ether oxygens (including phenoxy) is 1. The van der Waals surface area contributed by atoms with Crippen LogP contribution in [0.15, 0.2) is 18.2 Å². The van der Waals surface area contributed by atoms with E-state index in [1.807, 2.05) is 12.1 Å². The lowest BCUT2D eigenvalue weighted by molar-refractivity contribution is 0.159. The van der Waals surface area contributed by atoms with E-state index >= 15 is 0 Å². The Bertz CT molecular complexity index is 406. The molecule has 0 aliphatic carbocycles. The number of nitrogens with two attached hydrogens (primary N) is 1. The average Bonchev–Trinajstić information content (AvgIpc) is 2.41. The van der Waals surface area contributed by atoms with Crippen LogP contribution < -0.4 is 10.5 Å². The molecule has 1 aromatic carbocycles. The Morgan fingerprint density at radius 3 is 2.89 bits per heavy atom. The van der Waals surface area contributed by atoms with Gasteiger partial charge in [0.15, 0.2) is 0 Å². The van der Waals surface area contributed by atoms with Crippen LogP contribution >= 0.6 is 0 Å². The van der Waals surface area contributed by atoms with Crippen LogP contribution in [-0.2, 0) is 6.42 Å². The largest absolute Gasteiger partial charge is 0.495 e. The number of nitrogens with zero attached hydrogens (tertiary/aromatic N) is 1. The highest BCUT2D eigenvalue weighted by Crippen LogP contribution is 2.23. The lowest BCUT2D eigenvalue weighted by Crippen LogP contribution is -2.38. The molecular formula is C16H26N2O. The number of methoxy groups -OCH3 is 1. The van der Waals surface area contributed by atoms with Crippen LogP contribution in [0.5, 0.6) is 5.75 Å². The Balaban J connectivity index is 1.80. The van der Waals surface area contributed by atoms with E-state index in [4.69, 9.17) is 10.5 Å². The van der Waals surface area contributed by atoms with E-state index < -0.39 is 0 Å². The molecule has 0 radical (unpaired) electrons. The van der Waals surface area contributed by atoms with Gasteiger partial charge in [-0.15, -0.1) is 0 Å². The minimum absolute atomic E-state index is 0.742. The van der Waals surface area contributed by atoms with Crippen molar-refractivity contribution in [3.8, 4) is 5.75 Å². The predicted octanol–water partition coefficient (Wildman–Crippen LogP) is 3.08. The van der Waals surface area contributed by atoms with Crippen molar-refractivity contribution in [1.29, 1.82) is 0 Å². The zero-order valence-electron chi connectivity index (χ0n) is 12.2. The van der Waals surface area contributed by atoms with Crippen LogP contribution in [0.2, 0.25) is 0 Å². The highest BCUT2D eigenvalue weighted by atomic mass is 16.5. The quantitative estimate of drug-likeness (QED) is 0.829. The van der Waals surface area contributed by atoms with Crippen LogP contribution in [0.1, 0.15) is 38.2 Å². The Morgan fingerprint density at radius 2 is 2.21 bits per heavy atom. The third-order valence-electron chi connectivity index (χ3n) is 4.15. The molecular weight excluding hydrogens is 236 g/mol. The van der Waals surface area contributed by atoms with Gasteiger partial charge in [-0.05, 0) is 63.4 Å². The van der Waals surface area contributed by atoms with Gasteiger partial charge in [0.2, 0.25) is 0 Å². The van der Waals surface area contributed by atoms with Gasteiger partial charge in [-0.1, -0.05) is 12.5 Å². The molecule has 2 N–H and O–H groups in total. The summed E-state index contributed by atoms with van der Waals surface area (Å²) in [4.78, 5) is 2.62. The van der Waals surface area contributed by atoms with Crippen molar-refractivity contribution in [2.24, 2.45) is 0 Å². The summed E-state index contributed by atoms with van der Waals surface area (Å²) in [6.07, 6.45) is 6.41. The van der Waals surface area contributed by atoms with Crippen LogP contribution in [0.25, 0.3) is 0 Å². The molecule has 106 valence electrons. The minimum atomic E-state index is 0.742. The van der Waals surface area contributed by atoms with Crippen LogP contribution in [0.4, 0.5) is 5.69 Å². The number of hydrogen-bond acceptors (Lipinski definition) is 3. The Morgan fingerprint density at radius 1 is 1.37 bits per heavy atom. The number of likely N-dealkylation sites (tertiary alicyclic amines) is 1. The Kier molecular flexibility index (Phi) is 5.08. The second-order valence-electron chi connectivity index (χ2n) is 5.56. The first kappa shape index (κ1) is 14.2. The van der Waals surface area contributed by atoms with Gasteiger partial charge in [0.1, 0.15) is 5.75 Å². The van der Waals surface area contributed by atoms with Gasteiger partial charge in [0.05, 0.1) is 12.8 Å². The molecule has 3 nitrogen and oxygen atoms in total. The van der Waals surface area contributed by atoms with Crippen molar-refractivity contribution in [2.45, 2.75) is 45.1 Å². The summed E-state index contributed by atoms with van der Waals surface area (Å²) in [6.45, 7) is 4.82. The molecule has 0 saturated carbocycles. The number of nitrogen functional groups attached to an aromatic ring is 1. The monoisotopic (exact) mass is 262 g/mol. The topological polar surface area (TPSA) is 38.5 Å². The number of benzene rings is 1. The molecule has 2 rings (SSSR count). The van der Waals surface area contributed by atoms with E-state index in [-0.39, 0.29) is 0 Å². The molecule has 0 amide bonds. The average molecular weight is 262 g/mol. The molecule has 1 saturated heterocycles. The molecule has 1 aliphatic heterocycles. The van der Waals surface area contributed by atoms with Crippen molar-refractivity contribution in [3.63, 3.8) is 0 Å². The van der Waals surface area contributed by atoms with Gasteiger partial charge in [-0.2, -0.15) is 0 Å². The Labute approximate surface area is 116 Å². The van der Waals surface area contributed by atoms with Gasteiger partial charge in [-0.25, -0.2) is 0 Å². The molecule has 19 heavy (non-hydrogen) atoms. The van der Waals surface area contributed by atoms with Crippen molar-refractivity contribution in [3.05, 3.63) is 23.8 Å². The van der Waals surface area contributed by atoms with Crippen molar-refractivity contribution < 1.29 is 4.74 Å². The second-order valence-corrected chi connectivity index (χ2v) is 5.56. The van der Waals surface area contributed by atoms with E-state index in [0.717, 1.165) is 23.9 Å². The fourth-order valence-corrected chi connectivity index (χ4v) is 2.92. The van der Waals surface area contributed by atoms with Crippen molar-refractivity contribution in [2.75, 3.05) is 25.9 Å². The molecule has 0 spiro atoms. The third kappa shape index (κ3) is 3.87. The van der Waals surface area contributed by atoms with Gasteiger partial charge in [0.25, 0.3) is 0 Å². The highest BCUT2D eigenvalue weighted by Gasteiger charge is 2.17. The second kappa shape index (κ2) is 6.80. The summed E-state index contributed by atoms with van der Waals surface area (Å²) in [7, 11) is 1.66.